The fourth-order valence-corrected chi connectivity index (χ4v) is 1.21. The van der Waals surface area contributed by atoms with Crippen molar-refractivity contribution in [1.29, 1.82) is 0 Å². The molecule has 1 fully saturated rings. The average Bonchev–Trinajstić information content (AvgIpc) is 2.33. The minimum atomic E-state index is -0.491. The monoisotopic (exact) mass is 142 g/mol. The number of nitrogens with two attached hydrogens (primary N) is 1. The summed E-state index contributed by atoms with van der Waals surface area (Å²) in [4.78, 5) is 22.2. The van der Waals surface area contributed by atoms with Crippen molar-refractivity contribution >= 4 is 12.3 Å². The van der Waals surface area contributed by atoms with Gasteiger partial charge in [-0.05, 0) is 12.8 Å². The lowest BCUT2D eigenvalue weighted by Gasteiger charge is -2.16. The molecule has 1 aliphatic rings. The normalized spacial score (nSPS) is 24.8. The number of primary amides is 1. The third-order valence-electron chi connectivity index (χ3n) is 1.74. The fourth-order valence-electron chi connectivity index (χ4n) is 1.21. The van der Waals surface area contributed by atoms with Crippen LogP contribution >= 0.6 is 0 Å². The highest BCUT2D eigenvalue weighted by molar-refractivity contribution is 5.77. The smallest absolute Gasteiger partial charge is 0.315 e. The van der Waals surface area contributed by atoms with E-state index >= 15 is 0 Å². The van der Waals surface area contributed by atoms with Crippen molar-refractivity contribution in [2.24, 2.45) is 5.73 Å². The van der Waals surface area contributed by atoms with E-state index in [0.717, 1.165) is 19.1 Å². The Morgan fingerprint density at radius 1 is 1.70 bits per heavy atom. The van der Waals surface area contributed by atoms with Crippen LogP contribution in [-0.4, -0.2) is 29.8 Å². The Balaban J connectivity index is 2.58. The quantitative estimate of drug-likeness (QED) is 0.512. The summed E-state index contributed by atoms with van der Waals surface area (Å²) < 4.78 is 0. The van der Waals surface area contributed by atoms with Gasteiger partial charge in [-0.3, -0.25) is 0 Å². The van der Waals surface area contributed by atoms with Gasteiger partial charge in [-0.1, -0.05) is 0 Å². The Morgan fingerprint density at radius 2 is 2.40 bits per heavy atom. The van der Waals surface area contributed by atoms with Crippen molar-refractivity contribution in [3.8, 4) is 0 Å². The molecule has 1 saturated heterocycles. The first-order valence-electron chi connectivity index (χ1n) is 3.27. The van der Waals surface area contributed by atoms with Crippen molar-refractivity contribution in [3.05, 3.63) is 0 Å². The summed E-state index contributed by atoms with van der Waals surface area (Å²) in [7, 11) is 0. The molecular formula is C6H10N2O2. The van der Waals surface area contributed by atoms with Crippen LogP contribution < -0.4 is 5.73 Å². The largest absolute Gasteiger partial charge is 0.351 e. The number of nitrogens with zero attached hydrogens (tertiary/aromatic N) is 1. The molecule has 1 heterocycles. The summed E-state index contributed by atoms with van der Waals surface area (Å²) in [6, 6.07) is -0.757. The summed E-state index contributed by atoms with van der Waals surface area (Å²) in [6.45, 7) is 0.624. The van der Waals surface area contributed by atoms with Gasteiger partial charge >= 0.3 is 6.03 Å². The number of amides is 2. The molecule has 0 bridgehead atoms. The zero-order valence-corrected chi connectivity index (χ0v) is 5.62. The Labute approximate surface area is 59.0 Å². The Morgan fingerprint density at radius 3 is 2.80 bits per heavy atom. The third-order valence-corrected chi connectivity index (χ3v) is 1.74. The molecule has 4 heteroatoms. The average molecular weight is 142 g/mol. The molecule has 4 nitrogen and oxygen atoms in total. The van der Waals surface area contributed by atoms with Crippen molar-refractivity contribution in [3.63, 3.8) is 0 Å². The number of hydrogen-bond acceptors (Lipinski definition) is 2. The standard InChI is InChI=1S/C6H10N2O2/c7-6(10)8-3-1-2-5(8)4-9/h4-5H,1-3H2,(H2,7,10)/t5-/m1/s1. The number of aldehydes is 1. The van der Waals surface area contributed by atoms with Crippen molar-refractivity contribution in [1.82, 2.24) is 4.90 Å². The van der Waals surface area contributed by atoms with E-state index in [0.29, 0.717) is 6.54 Å². The van der Waals surface area contributed by atoms with Crippen LogP contribution in [0.15, 0.2) is 0 Å². The first kappa shape index (κ1) is 7.05. The lowest BCUT2D eigenvalue weighted by Crippen LogP contribution is -2.40. The van der Waals surface area contributed by atoms with Crippen LogP contribution in [0.3, 0.4) is 0 Å². The third kappa shape index (κ3) is 1.10. The van der Waals surface area contributed by atoms with Gasteiger partial charge in [-0.25, -0.2) is 4.79 Å². The maximum atomic E-state index is 10.6. The number of likely N-dealkylation sites (tertiary alicyclic amines) is 1. The Kier molecular flexibility index (Phi) is 1.89. The lowest BCUT2D eigenvalue weighted by molar-refractivity contribution is -0.110. The summed E-state index contributed by atoms with van der Waals surface area (Å²) in [5.74, 6) is 0. The van der Waals surface area contributed by atoms with Crippen molar-refractivity contribution < 1.29 is 9.59 Å². The molecule has 2 amide bonds. The van der Waals surface area contributed by atoms with E-state index in [1.807, 2.05) is 0 Å². The Hall–Kier alpha value is -1.06. The predicted molar refractivity (Wildman–Crippen MR) is 35.4 cm³/mol. The van der Waals surface area contributed by atoms with E-state index in [2.05, 4.69) is 0 Å². The summed E-state index contributed by atoms with van der Waals surface area (Å²) in [5.41, 5.74) is 4.99. The second-order valence-electron chi connectivity index (χ2n) is 2.38. The molecule has 0 spiro atoms. The number of carbonyl (C=O) groups is 2. The van der Waals surface area contributed by atoms with E-state index in [9.17, 15) is 9.59 Å². The van der Waals surface area contributed by atoms with E-state index in [-0.39, 0.29) is 6.04 Å². The number of hydrogen-bond donors (Lipinski definition) is 1. The van der Waals surface area contributed by atoms with Crippen molar-refractivity contribution in [2.45, 2.75) is 18.9 Å². The SMILES string of the molecule is NC(=O)N1CCC[C@@H]1C=O. The topological polar surface area (TPSA) is 63.4 Å². The molecule has 56 valence electrons. The minimum absolute atomic E-state index is 0.266. The van der Waals surface area contributed by atoms with Crippen LogP contribution in [0.5, 0.6) is 0 Å². The highest BCUT2D eigenvalue weighted by atomic mass is 16.2. The first-order valence-corrected chi connectivity index (χ1v) is 3.27. The van der Waals surface area contributed by atoms with Gasteiger partial charge < -0.3 is 15.4 Å². The molecule has 0 saturated carbocycles. The van der Waals surface area contributed by atoms with E-state index in [1.54, 1.807) is 0 Å². The van der Waals surface area contributed by atoms with Gasteiger partial charge in [0.15, 0.2) is 0 Å². The molecule has 2 N–H and O–H groups in total. The Bertz CT molecular complexity index is 158. The lowest BCUT2D eigenvalue weighted by atomic mass is 10.2. The maximum absolute atomic E-state index is 10.6. The summed E-state index contributed by atoms with van der Waals surface area (Å²) in [6.07, 6.45) is 2.41. The van der Waals surface area contributed by atoms with Gasteiger partial charge in [0, 0.05) is 6.54 Å². The van der Waals surface area contributed by atoms with Crippen molar-refractivity contribution in [2.75, 3.05) is 6.54 Å². The van der Waals surface area contributed by atoms with Gasteiger partial charge in [0.25, 0.3) is 0 Å². The number of urea groups is 1. The number of rotatable bonds is 1. The molecule has 0 aromatic carbocycles. The van der Waals surface area contributed by atoms with E-state index in [4.69, 9.17) is 5.73 Å². The minimum Gasteiger partial charge on any atom is -0.351 e. The van der Waals surface area contributed by atoms with Gasteiger partial charge in [0.05, 0.1) is 6.04 Å². The molecule has 0 aromatic rings. The second kappa shape index (κ2) is 2.68. The van der Waals surface area contributed by atoms with E-state index < -0.39 is 6.03 Å². The van der Waals surface area contributed by atoms with Crippen LogP contribution in [0.4, 0.5) is 4.79 Å². The molecule has 0 unspecified atom stereocenters. The molecular weight excluding hydrogens is 132 g/mol. The van der Waals surface area contributed by atoms with Crippen LogP contribution in [0.25, 0.3) is 0 Å². The maximum Gasteiger partial charge on any atom is 0.315 e. The summed E-state index contributed by atoms with van der Waals surface area (Å²) in [5, 5.41) is 0. The van der Waals surface area contributed by atoms with Gasteiger partial charge in [0.2, 0.25) is 0 Å². The first-order chi connectivity index (χ1) is 4.75. The van der Waals surface area contributed by atoms with Gasteiger partial charge in [0.1, 0.15) is 6.29 Å². The van der Waals surface area contributed by atoms with Gasteiger partial charge in [-0.2, -0.15) is 0 Å². The van der Waals surface area contributed by atoms with Crippen LogP contribution in [0.2, 0.25) is 0 Å². The molecule has 1 rings (SSSR count). The highest BCUT2D eigenvalue weighted by Crippen LogP contribution is 2.13. The second-order valence-corrected chi connectivity index (χ2v) is 2.38. The molecule has 1 aliphatic heterocycles. The van der Waals surface area contributed by atoms with Crippen LogP contribution in [0, 0.1) is 0 Å². The van der Waals surface area contributed by atoms with Crippen LogP contribution in [0.1, 0.15) is 12.8 Å². The van der Waals surface area contributed by atoms with E-state index in [1.165, 1.54) is 4.90 Å². The zero-order chi connectivity index (χ0) is 7.56. The van der Waals surface area contributed by atoms with Gasteiger partial charge in [-0.15, -0.1) is 0 Å². The molecule has 1 atom stereocenters. The number of carbonyl (C=O) groups excluding carboxylic acids is 2. The molecule has 10 heavy (non-hydrogen) atoms. The highest BCUT2D eigenvalue weighted by Gasteiger charge is 2.25. The molecule has 0 aromatic heterocycles. The summed E-state index contributed by atoms with van der Waals surface area (Å²) >= 11 is 0. The molecule has 0 aliphatic carbocycles. The predicted octanol–water partition coefficient (Wildman–Crippen LogP) is -0.272. The zero-order valence-electron chi connectivity index (χ0n) is 5.62. The van der Waals surface area contributed by atoms with Crippen LogP contribution in [-0.2, 0) is 4.79 Å². The fraction of sp³-hybridized carbons (Fsp3) is 0.667. The molecule has 0 radical (unpaired) electrons.